The minimum atomic E-state index is -4.47. The molecule has 0 aliphatic carbocycles. The molecule has 0 fully saturated rings. The fourth-order valence-electron chi connectivity index (χ4n) is 1.84. The lowest BCUT2D eigenvalue weighted by atomic mass is 10.2. The number of alkyl halides is 3. The van der Waals surface area contributed by atoms with Crippen molar-refractivity contribution in [1.82, 2.24) is 0 Å². The van der Waals surface area contributed by atoms with E-state index in [1.807, 2.05) is 6.92 Å². The maximum absolute atomic E-state index is 12.5. The monoisotopic (exact) mass is 314 g/mol. The van der Waals surface area contributed by atoms with Gasteiger partial charge in [0.25, 0.3) is 0 Å². The van der Waals surface area contributed by atoms with Crippen molar-refractivity contribution in [2.75, 3.05) is 0 Å². The van der Waals surface area contributed by atoms with E-state index < -0.39 is 21.6 Å². The van der Waals surface area contributed by atoms with Crippen molar-refractivity contribution in [3.8, 4) is 0 Å². The Kier molecular flexibility index (Phi) is 4.09. The molecule has 112 valence electrons. The van der Waals surface area contributed by atoms with E-state index in [-0.39, 0.29) is 10.6 Å². The Morgan fingerprint density at radius 2 is 1.43 bits per heavy atom. The lowest BCUT2D eigenvalue weighted by molar-refractivity contribution is -0.137. The van der Waals surface area contributed by atoms with Crippen LogP contribution in [-0.2, 0) is 21.8 Å². The lowest BCUT2D eigenvalue weighted by Gasteiger charge is -2.08. The second-order valence-corrected chi connectivity index (χ2v) is 6.76. The number of hydrogen-bond donors (Lipinski definition) is 0. The van der Waals surface area contributed by atoms with Crippen molar-refractivity contribution in [3.63, 3.8) is 0 Å². The minimum absolute atomic E-state index is 0.115. The van der Waals surface area contributed by atoms with E-state index in [2.05, 4.69) is 0 Å². The molecule has 0 aliphatic rings. The first-order valence-electron chi connectivity index (χ1n) is 6.14. The van der Waals surface area contributed by atoms with E-state index in [1.165, 1.54) is 0 Å². The Bertz CT molecular complexity index is 715. The number of hydrogen-bond acceptors (Lipinski definition) is 2. The average molecular weight is 314 g/mol. The third kappa shape index (κ3) is 3.85. The summed E-state index contributed by atoms with van der Waals surface area (Å²) in [4.78, 5) is -0.115. The molecule has 6 heteroatoms. The second-order valence-electron chi connectivity index (χ2n) is 4.77. The van der Waals surface area contributed by atoms with Crippen LogP contribution in [0.5, 0.6) is 0 Å². The Labute approximate surface area is 121 Å². The molecule has 0 saturated heterocycles. The smallest absolute Gasteiger partial charge is 0.223 e. The first kappa shape index (κ1) is 15.6. The van der Waals surface area contributed by atoms with Crippen molar-refractivity contribution < 1.29 is 21.6 Å². The predicted molar refractivity (Wildman–Crippen MR) is 73.5 cm³/mol. The summed E-state index contributed by atoms with van der Waals surface area (Å²) in [6.07, 6.45) is -4.47. The molecule has 0 atom stereocenters. The molecule has 0 aromatic heterocycles. The van der Waals surface area contributed by atoms with Crippen LogP contribution in [0.2, 0.25) is 0 Å². The Morgan fingerprint density at radius 1 is 0.905 bits per heavy atom. The van der Waals surface area contributed by atoms with Crippen LogP contribution in [0.4, 0.5) is 13.2 Å². The highest BCUT2D eigenvalue weighted by atomic mass is 32.2. The van der Waals surface area contributed by atoms with Crippen LogP contribution >= 0.6 is 0 Å². The molecule has 0 N–H and O–H groups in total. The molecule has 0 radical (unpaired) electrons. The SMILES string of the molecule is Cc1ccc(CS(=O)(=O)c2ccc(C(F)(F)F)cc2)cc1. The summed E-state index contributed by atoms with van der Waals surface area (Å²) < 4.78 is 61.7. The van der Waals surface area contributed by atoms with E-state index in [0.29, 0.717) is 5.56 Å². The lowest BCUT2D eigenvalue weighted by Crippen LogP contribution is -2.08. The third-order valence-corrected chi connectivity index (χ3v) is 4.72. The zero-order valence-corrected chi connectivity index (χ0v) is 12.0. The van der Waals surface area contributed by atoms with E-state index in [4.69, 9.17) is 0 Å². The fourth-order valence-corrected chi connectivity index (χ4v) is 3.19. The van der Waals surface area contributed by atoms with E-state index in [0.717, 1.165) is 29.8 Å². The van der Waals surface area contributed by atoms with Gasteiger partial charge in [0.05, 0.1) is 16.2 Å². The van der Waals surface area contributed by atoms with Crippen molar-refractivity contribution >= 4 is 9.84 Å². The Hall–Kier alpha value is -1.82. The molecule has 21 heavy (non-hydrogen) atoms. The van der Waals surface area contributed by atoms with E-state index in [1.54, 1.807) is 24.3 Å². The molecule has 0 amide bonds. The zero-order chi connectivity index (χ0) is 15.7. The molecule has 2 aromatic carbocycles. The van der Waals surface area contributed by atoms with Gasteiger partial charge in [-0.05, 0) is 36.8 Å². The zero-order valence-electron chi connectivity index (χ0n) is 11.2. The molecule has 0 heterocycles. The van der Waals surface area contributed by atoms with Gasteiger partial charge < -0.3 is 0 Å². The number of benzene rings is 2. The Morgan fingerprint density at radius 3 is 1.90 bits per heavy atom. The van der Waals surface area contributed by atoms with Gasteiger partial charge in [-0.15, -0.1) is 0 Å². The Balaban J connectivity index is 2.25. The van der Waals surface area contributed by atoms with Crippen LogP contribution in [0.25, 0.3) is 0 Å². The van der Waals surface area contributed by atoms with Gasteiger partial charge in [0, 0.05) is 0 Å². The molecule has 2 rings (SSSR count). The summed E-state index contributed by atoms with van der Waals surface area (Å²) in [5.41, 5.74) is 0.739. The van der Waals surface area contributed by atoms with Crippen molar-refractivity contribution in [1.29, 1.82) is 0 Å². The summed E-state index contributed by atoms with van der Waals surface area (Å²) in [5, 5.41) is 0. The van der Waals surface area contributed by atoms with Crippen LogP contribution in [0.1, 0.15) is 16.7 Å². The normalized spacial score (nSPS) is 12.4. The van der Waals surface area contributed by atoms with Gasteiger partial charge in [0.15, 0.2) is 9.84 Å². The molecule has 0 aliphatic heterocycles. The first-order chi connectivity index (χ1) is 9.68. The summed E-state index contributed by atoms with van der Waals surface area (Å²) in [6.45, 7) is 1.88. The number of aryl methyl sites for hydroxylation is 1. The van der Waals surface area contributed by atoms with Gasteiger partial charge in [0.2, 0.25) is 0 Å². The molecule has 0 spiro atoms. The minimum Gasteiger partial charge on any atom is -0.223 e. The molecule has 0 unspecified atom stereocenters. The maximum Gasteiger partial charge on any atom is 0.416 e. The second kappa shape index (κ2) is 5.52. The van der Waals surface area contributed by atoms with Crippen molar-refractivity contribution in [3.05, 3.63) is 65.2 Å². The van der Waals surface area contributed by atoms with Gasteiger partial charge in [-0.2, -0.15) is 13.2 Å². The van der Waals surface area contributed by atoms with Crippen LogP contribution in [0, 0.1) is 6.92 Å². The van der Waals surface area contributed by atoms with Gasteiger partial charge in [-0.25, -0.2) is 8.42 Å². The highest BCUT2D eigenvalue weighted by Gasteiger charge is 2.30. The maximum atomic E-state index is 12.5. The topological polar surface area (TPSA) is 34.1 Å². The quantitative estimate of drug-likeness (QED) is 0.858. The molecule has 0 bridgehead atoms. The predicted octanol–water partition coefficient (Wildman–Crippen LogP) is 3.99. The van der Waals surface area contributed by atoms with E-state index in [9.17, 15) is 21.6 Å². The van der Waals surface area contributed by atoms with E-state index >= 15 is 0 Å². The molecular formula is C15H13F3O2S. The largest absolute Gasteiger partial charge is 0.416 e. The van der Waals surface area contributed by atoms with Crippen molar-refractivity contribution in [2.45, 2.75) is 23.7 Å². The average Bonchev–Trinajstić information content (AvgIpc) is 2.40. The first-order valence-corrected chi connectivity index (χ1v) is 7.79. The fraction of sp³-hybridized carbons (Fsp3) is 0.200. The number of sulfone groups is 1. The highest BCUT2D eigenvalue weighted by molar-refractivity contribution is 7.90. The summed E-state index contributed by atoms with van der Waals surface area (Å²) in [7, 11) is -3.66. The van der Waals surface area contributed by atoms with Crippen LogP contribution < -0.4 is 0 Å². The molecule has 2 nitrogen and oxygen atoms in total. The van der Waals surface area contributed by atoms with Crippen LogP contribution in [-0.4, -0.2) is 8.42 Å². The van der Waals surface area contributed by atoms with Gasteiger partial charge in [-0.1, -0.05) is 29.8 Å². The van der Waals surface area contributed by atoms with Crippen LogP contribution in [0.3, 0.4) is 0 Å². The van der Waals surface area contributed by atoms with Crippen molar-refractivity contribution in [2.24, 2.45) is 0 Å². The standard InChI is InChI=1S/C15H13F3O2S/c1-11-2-4-12(5-3-11)10-21(19,20)14-8-6-13(7-9-14)15(16,17)18/h2-9H,10H2,1H3. The number of rotatable bonds is 3. The van der Waals surface area contributed by atoms with Gasteiger partial charge in [0.1, 0.15) is 0 Å². The van der Waals surface area contributed by atoms with Crippen LogP contribution in [0.15, 0.2) is 53.4 Å². The summed E-state index contributed by atoms with van der Waals surface area (Å²) in [6, 6.07) is 10.5. The summed E-state index contributed by atoms with van der Waals surface area (Å²) >= 11 is 0. The highest BCUT2D eigenvalue weighted by Crippen LogP contribution is 2.30. The summed E-state index contributed by atoms with van der Waals surface area (Å²) in [5.74, 6) is -0.237. The van der Waals surface area contributed by atoms with Gasteiger partial charge >= 0.3 is 6.18 Å². The molecule has 0 saturated carbocycles. The number of halogens is 3. The molecule has 2 aromatic rings. The molecular weight excluding hydrogens is 301 g/mol. The van der Waals surface area contributed by atoms with Gasteiger partial charge in [-0.3, -0.25) is 0 Å². The third-order valence-electron chi connectivity index (χ3n) is 3.02.